The average molecular weight is 358 g/mol. The fraction of sp³-hybridized carbons (Fsp3) is 0.529. The van der Waals surface area contributed by atoms with E-state index in [0.29, 0.717) is 31.5 Å². The van der Waals surface area contributed by atoms with E-state index in [4.69, 9.17) is 0 Å². The maximum atomic E-state index is 12.4. The third kappa shape index (κ3) is 5.65. The largest absolute Gasteiger partial charge is 0.573 e. The molecule has 1 heterocycles. The Bertz CT molecular complexity index is 607. The Balaban J connectivity index is 1.91. The second-order valence-electron chi connectivity index (χ2n) is 6.30. The number of ether oxygens (including phenoxy) is 1. The predicted octanol–water partition coefficient (Wildman–Crippen LogP) is 2.96. The molecule has 1 N–H and O–H groups in total. The Hall–Kier alpha value is -2.25. The highest BCUT2D eigenvalue weighted by Gasteiger charge is 2.31. The molecule has 0 aliphatic carbocycles. The molecule has 1 aliphatic rings. The van der Waals surface area contributed by atoms with Gasteiger partial charge in [0.15, 0.2) is 0 Å². The molecule has 1 aromatic carbocycles. The number of carbonyl (C=O) groups is 2. The third-order valence-corrected chi connectivity index (χ3v) is 3.92. The minimum Gasteiger partial charge on any atom is -0.406 e. The van der Waals surface area contributed by atoms with Crippen molar-refractivity contribution in [3.63, 3.8) is 0 Å². The number of amides is 2. The molecule has 8 heteroatoms. The highest BCUT2D eigenvalue weighted by molar-refractivity contribution is 5.94. The van der Waals surface area contributed by atoms with Crippen LogP contribution in [0.5, 0.6) is 5.75 Å². The van der Waals surface area contributed by atoms with E-state index in [0.717, 1.165) is 12.1 Å². The molecule has 1 aromatic rings. The maximum absolute atomic E-state index is 12.4. The zero-order valence-electron chi connectivity index (χ0n) is 14.1. The van der Waals surface area contributed by atoms with Gasteiger partial charge in [0.05, 0.1) is 0 Å². The number of alkyl halides is 3. The Morgan fingerprint density at radius 2 is 1.72 bits per heavy atom. The van der Waals surface area contributed by atoms with Gasteiger partial charge in [-0.15, -0.1) is 13.2 Å². The van der Waals surface area contributed by atoms with Crippen LogP contribution in [0.1, 0.15) is 37.0 Å². The first-order valence-corrected chi connectivity index (χ1v) is 8.11. The van der Waals surface area contributed by atoms with Crippen molar-refractivity contribution in [2.75, 3.05) is 13.1 Å². The van der Waals surface area contributed by atoms with E-state index < -0.39 is 6.36 Å². The van der Waals surface area contributed by atoms with E-state index in [-0.39, 0.29) is 29.5 Å². The summed E-state index contributed by atoms with van der Waals surface area (Å²) in [6.07, 6.45) is -3.62. The van der Waals surface area contributed by atoms with E-state index in [1.54, 1.807) is 4.90 Å². The van der Waals surface area contributed by atoms with Crippen LogP contribution < -0.4 is 10.1 Å². The molecule has 0 spiro atoms. The first-order valence-electron chi connectivity index (χ1n) is 8.11. The number of benzene rings is 1. The van der Waals surface area contributed by atoms with E-state index >= 15 is 0 Å². The SMILES string of the molecule is CC(C)NC(=O)C1CCN(C(=O)c2ccc(OC(F)(F)F)cc2)CC1. The van der Waals surface area contributed by atoms with Crippen LogP contribution in [0.3, 0.4) is 0 Å². The van der Waals surface area contributed by atoms with Crippen LogP contribution in [0.15, 0.2) is 24.3 Å². The van der Waals surface area contributed by atoms with E-state index in [9.17, 15) is 22.8 Å². The monoisotopic (exact) mass is 358 g/mol. The van der Waals surface area contributed by atoms with Crippen LogP contribution in [0.2, 0.25) is 0 Å². The third-order valence-electron chi connectivity index (χ3n) is 3.92. The van der Waals surface area contributed by atoms with Crippen molar-refractivity contribution in [2.24, 2.45) is 5.92 Å². The molecule has 1 saturated heterocycles. The summed E-state index contributed by atoms with van der Waals surface area (Å²) in [5, 5.41) is 2.86. The molecule has 0 bridgehead atoms. The van der Waals surface area contributed by atoms with Crippen LogP contribution in [-0.2, 0) is 4.79 Å². The molecule has 0 aromatic heterocycles. The first kappa shape index (κ1) is 19.1. The summed E-state index contributed by atoms with van der Waals surface area (Å²) in [7, 11) is 0. The lowest BCUT2D eigenvalue weighted by molar-refractivity contribution is -0.274. The molecule has 0 atom stereocenters. The lowest BCUT2D eigenvalue weighted by Gasteiger charge is -2.31. The predicted molar refractivity (Wildman–Crippen MR) is 85.0 cm³/mol. The number of hydrogen-bond acceptors (Lipinski definition) is 3. The summed E-state index contributed by atoms with van der Waals surface area (Å²) in [6, 6.07) is 4.92. The van der Waals surface area contributed by atoms with Crippen molar-refractivity contribution in [2.45, 2.75) is 39.1 Å². The molecule has 0 saturated carbocycles. The summed E-state index contributed by atoms with van der Waals surface area (Å²) >= 11 is 0. The standard InChI is InChI=1S/C17H21F3N2O3/c1-11(2)21-15(23)12-7-9-22(10-8-12)16(24)13-3-5-14(6-4-13)25-17(18,19)20/h3-6,11-12H,7-10H2,1-2H3,(H,21,23). The zero-order valence-corrected chi connectivity index (χ0v) is 14.1. The van der Waals surface area contributed by atoms with Gasteiger partial charge in [-0.05, 0) is 51.0 Å². The lowest BCUT2D eigenvalue weighted by atomic mass is 9.95. The van der Waals surface area contributed by atoms with E-state index in [1.165, 1.54) is 12.1 Å². The van der Waals surface area contributed by atoms with Gasteiger partial charge < -0.3 is 15.0 Å². The molecule has 0 radical (unpaired) electrons. The van der Waals surface area contributed by atoms with Crippen LogP contribution >= 0.6 is 0 Å². The fourth-order valence-corrected chi connectivity index (χ4v) is 2.73. The minimum atomic E-state index is -4.76. The average Bonchev–Trinajstić information content (AvgIpc) is 2.53. The highest BCUT2D eigenvalue weighted by atomic mass is 19.4. The van der Waals surface area contributed by atoms with Crippen molar-refractivity contribution in [1.29, 1.82) is 0 Å². The maximum Gasteiger partial charge on any atom is 0.573 e. The lowest BCUT2D eigenvalue weighted by Crippen LogP contribution is -2.44. The summed E-state index contributed by atoms with van der Waals surface area (Å²) in [6.45, 7) is 4.66. The number of likely N-dealkylation sites (tertiary alicyclic amines) is 1. The topological polar surface area (TPSA) is 58.6 Å². The molecule has 2 rings (SSSR count). The molecule has 0 unspecified atom stereocenters. The zero-order chi connectivity index (χ0) is 18.6. The number of nitrogens with zero attached hydrogens (tertiary/aromatic N) is 1. The van der Waals surface area contributed by atoms with E-state index in [2.05, 4.69) is 10.1 Å². The van der Waals surface area contributed by atoms with Gasteiger partial charge in [0.1, 0.15) is 5.75 Å². The van der Waals surface area contributed by atoms with Crippen LogP contribution in [0, 0.1) is 5.92 Å². The molecule has 5 nitrogen and oxygen atoms in total. The van der Waals surface area contributed by atoms with Crippen molar-refractivity contribution in [3.05, 3.63) is 29.8 Å². The second-order valence-corrected chi connectivity index (χ2v) is 6.30. The number of carbonyl (C=O) groups excluding carboxylic acids is 2. The van der Waals surface area contributed by atoms with Gasteiger partial charge in [0.25, 0.3) is 5.91 Å². The normalized spacial score (nSPS) is 16.0. The molecule has 138 valence electrons. The second kappa shape index (κ2) is 7.76. The van der Waals surface area contributed by atoms with Crippen molar-refractivity contribution >= 4 is 11.8 Å². The fourth-order valence-electron chi connectivity index (χ4n) is 2.73. The molecule has 2 amide bonds. The molecule has 25 heavy (non-hydrogen) atoms. The summed E-state index contributed by atoms with van der Waals surface area (Å²) in [5.74, 6) is -0.751. The number of rotatable bonds is 4. The van der Waals surface area contributed by atoms with Crippen molar-refractivity contribution in [1.82, 2.24) is 10.2 Å². The number of nitrogens with one attached hydrogen (secondary N) is 1. The van der Waals surface area contributed by atoms with Gasteiger partial charge in [-0.2, -0.15) is 0 Å². The van der Waals surface area contributed by atoms with Gasteiger partial charge in [-0.1, -0.05) is 0 Å². The first-order chi connectivity index (χ1) is 11.7. The van der Waals surface area contributed by atoms with Gasteiger partial charge in [-0.25, -0.2) is 0 Å². The van der Waals surface area contributed by atoms with Crippen molar-refractivity contribution < 1.29 is 27.5 Å². The van der Waals surface area contributed by atoms with E-state index in [1.807, 2.05) is 13.8 Å². The Morgan fingerprint density at radius 3 is 2.20 bits per heavy atom. The van der Waals surface area contributed by atoms with Crippen LogP contribution in [0.4, 0.5) is 13.2 Å². The quantitative estimate of drug-likeness (QED) is 0.900. The Kier molecular flexibility index (Phi) is 5.92. The van der Waals surface area contributed by atoms with Gasteiger partial charge in [0.2, 0.25) is 5.91 Å². The summed E-state index contributed by atoms with van der Waals surface area (Å²) in [4.78, 5) is 26.0. The number of piperidine rings is 1. The Morgan fingerprint density at radius 1 is 1.16 bits per heavy atom. The molecular weight excluding hydrogens is 337 g/mol. The van der Waals surface area contributed by atoms with Crippen molar-refractivity contribution in [3.8, 4) is 5.75 Å². The highest BCUT2D eigenvalue weighted by Crippen LogP contribution is 2.24. The van der Waals surface area contributed by atoms with Gasteiger partial charge in [-0.3, -0.25) is 9.59 Å². The summed E-state index contributed by atoms with van der Waals surface area (Å²) < 4.78 is 40.2. The van der Waals surface area contributed by atoms with Gasteiger partial charge >= 0.3 is 6.36 Å². The number of halogens is 3. The molecular formula is C17H21F3N2O3. The molecule has 1 fully saturated rings. The van der Waals surface area contributed by atoms with Gasteiger partial charge in [0, 0.05) is 30.6 Å². The Labute approximate surface area is 144 Å². The van der Waals surface area contributed by atoms with Crippen LogP contribution in [0.25, 0.3) is 0 Å². The minimum absolute atomic E-state index is 0.00393. The molecule has 1 aliphatic heterocycles. The summed E-state index contributed by atoms with van der Waals surface area (Å²) in [5.41, 5.74) is 0.291. The van der Waals surface area contributed by atoms with Crippen LogP contribution in [-0.4, -0.2) is 42.2 Å². The smallest absolute Gasteiger partial charge is 0.406 e. The number of hydrogen-bond donors (Lipinski definition) is 1.